The third-order valence-corrected chi connectivity index (χ3v) is 5.83. The van der Waals surface area contributed by atoms with Crippen molar-refractivity contribution in [2.24, 2.45) is 7.05 Å². The molecule has 1 amide bonds. The van der Waals surface area contributed by atoms with Gasteiger partial charge in [-0.1, -0.05) is 30.3 Å². The van der Waals surface area contributed by atoms with E-state index in [0.29, 0.717) is 24.4 Å². The second kappa shape index (κ2) is 7.02. The molecule has 2 aromatic heterocycles. The van der Waals surface area contributed by atoms with Crippen molar-refractivity contribution in [2.45, 2.75) is 6.92 Å². The highest BCUT2D eigenvalue weighted by atomic mass is 16.3. The van der Waals surface area contributed by atoms with Gasteiger partial charge in [0.2, 0.25) is 5.71 Å². The molecule has 1 fully saturated rings. The lowest BCUT2D eigenvalue weighted by molar-refractivity contribution is 0.0746. The third kappa shape index (κ3) is 2.94. The van der Waals surface area contributed by atoms with Crippen LogP contribution in [-0.2, 0) is 7.05 Å². The molecule has 0 saturated carbocycles. The van der Waals surface area contributed by atoms with E-state index in [1.165, 1.54) is 21.7 Å². The molecule has 1 aliphatic rings. The van der Waals surface area contributed by atoms with Crippen LogP contribution in [0.1, 0.15) is 16.1 Å². The van der Waals surface area contributed by atoms with Gasteiger partial charge in [0, 0.05) is 38.9 Å². The number of hydrogen-bond acceptors (Lipinski definition) is 5. The van der Waals surface area contributed by atoms with Crippen molar-refractivity contribution in [3.8, 4) is 0 Å². The van der Waals surface area contributed by atoms with E-state index in [4.69, 9.17) is 4.42 Å². The van der Waals surface area contributed by atoms with Gasteiger partial charge in [-0.05, 0) is 29.8 Å². The minimum atomic E-state index is -0.269. The van der Waals surface area contributed by atoms with E-state index in [2.05, 4.69) is 40.2 Å². The quantitative estimate of drug-likeness (QED) is 0.516. The minimum Gasteiger partial charge on any atom is -0.442 e. The van der Waals surface area contributed by atoms with Crippen LogP contribution in [0.5, 0.6) is 0 Å². The predicted molar refractivity (Wildman–Crippen MR) is 116 cm³/mol. The second-order valence-electron chi connectivity index (χ2n) is 7.68. The number of hydrogen-bond donors (Lipinski definition) is 0. The van der Waals surface area contributed by atoms with Gasteiger partial charge in [0.1, 0.15) is 17.5 Å². The number of anilines is 1. The fourth-order valence-electron chi connectivity index (χ4n) is 4.14. The lowest BCUT2D eigenvalue weighted by atomic mass is 10.1. The predicted octanol–water partition coefficient (Wildman–Crippen LogP) is 2.95. The van der Waals surface area contributed by atoms with Crippen LogP contribution in [0.15, 0.2) is 58.0 Å². The molecule has 5 rings (SSSR count). The number of benzene rings is 2. The van der Waals surface area contributed by atoms with Gasteiger partial charge in [0.15, 0.2) is 0 Å². The van der Waals surface area contributed by atoms with Gasteiger partial charge in [-0.15, -0.1) is 0 Å². The fourth-order valence-corrected chi connectivity index (χ4v) is 4.14. The average molecular weight is 402 g/mol. The van der Waals surface area contributed by atoms with E-state index in [9.17, 15) is 9.59 Å². The lowest BCUT2D eigenvalue weighted by Crippen LogP contribution is -2.49. The number of fused-ring (bicyclic) bond motifs is 2. The van der Waals surface area contributed by atoms with E-state index < -0.39 is 0 Å². The standard InChI is InChI=1S/C23H22N4O3/c1-15-19(20-21(30-15)24-14-25(2)22(20)28)23(29)27-11-9-26(10-12-27)18-8-7-16-5-3-4-6-17(16)13-18/h3-8,13-14H,9-12H2,1-2H3. The molecule has 2 aromatic carbocycles. The number of piperazine rings is 1. The van der Waals surface area contributed by atoms with Crippen LogP contribution in [0.4, 0.5) is 5.69 Å². The van der Waals surface area contributed by atoms with Gasteiger partial charge in [0.25, 0.3) is 11.5 Å². The van der Waals surface area contributed by atoms with Crippen molar-refractivity contribution >= 4 is 33.5 Å². The largest absolute Gasteiger partial charge is 0.442 e. The maximum absolute atomic E-state index is 13.2. The van der Waals surface area contributed by atoms with Crippen molar-refractivity contribution in [2.75, 3.05) is 31.1 Å². The number of carbonyl (C=O) groups is 1. The average Bonchev–Trinajstić information content (AvgIpc) is 3.12. The number of rotatable bonds is 2. The van der Waals surface area contributed by atoms with Crippen molar-refractivity contribution < 1.29 is 9.21 Å². The van der Waals surface area contributed by atoms with Gasteiger partial charge < -0.3 is 18.8 Å². The first-order valence-corrected chi connectivity index (χ1v) is 10.0. The van der Waals surface area contributed by atoms with E-state index in [-0.39, 0.29) is 22.6 Å². The molecule has 3 heterocycles. The molecule has 4 aromatic rings. The summed E-state index contributed by atoms with van der Waals surface area (Å²) in [4.78, 5) is 34.1. The van der Waals surface area contributed by atoms with Gasteiger partial charge in [-0.25, -0.2) is 4.98 Å². The Morgan fingerprint density at radius 1 is 1.03 bits per heavy atom. The summed E-state index contributed by atoms with van der Waals surface area (Å²) < 4.78 is 6.96. The number of carbonyl (C=O) groups excluding carboxylic acids is 1. The lowest BCUT2D eigenvalue weighted by Gasteiger charge is -2.36. The molecule has 0 N–H and O–H groups in total. The molecule has 0 spiro atoms. The zero-order chi connectivity index (χ0) is 20.8. The second-order valence-corrected chi connectivity index (χ2v) is 7.68. The topological polar surface area (TPSA) is 71.6 Å². The number of amides is 1. The van der Waals surface area contributed by atoms with Gasteiger partial charge in [0.05, 0.1) is 5.56 Å². The van der Waals surface area contributed by atoms with Crippen LogP contribution in [0.2, 0.25) is 0 Å². The number of aryl methyl sites for hydroxylation is 2. The van der Waals surface area contributed by atoms with Crippen LogP contribution in [0.3, 0.4) is 0 Å². The van der Waals surface area contributed by atoms with Crippen LogP contribution < -0.4 is 10.5 Å². The van der Waals surface area contributed by atoms with Gasteiger partial charge in [-0.3, -0.25) is 9.59 Å². The molecule has 0 unspecified atom stereocenters. The van der Waals surface area contributed by atoms with E-state index in [1.54, 1.807) is 18.9 Å². The van der Waals surface area contributed by atoms with Gasteiger partial charge in [-0.2, -0.15) is 0 Å². The SMILES string of the molecule is Cc1oc2ncn(C)c(=O)c2c1C(=O)N1CCN(c2ccc3ccccc3c2)CC1. The van der Waals surface area contributed by atoms with Crippen LogP contribution >= 0.6 is 0 Å². The highest BCUT2D eigenvalue weighted by molar-refractivity contribution is 6.06. The molecule has 7 heteroatoms. The zero-order valence-electron chi connectivity index (χ0n) is 17.0. The van der Waals surface area contributed by atoms with Gasteiger partial charge >= 0.3 is 0 Å². The van der Waals surface area contributed by atoms with E-state index >= 15 is 0 Å². The Kier molecular flexibility index (Phi) is 4.31. The summed E-state index contributed by atoms with van der Waals surface area (Å²) in [5, 5.41) is 2.68. The monoisotopic (exact) mass is 402 g/mol. The summed E-state index contributed by atoms with van der Waals surface area (Å²) in [6.45, 7) is 4.33. The zero-order valence-corrected chi connectivity index (χ0v) is 17.0. The van der Waals surface area contributed by atoms with Crippen molar-refractivity contribution in [1.82, 2.24) is 14.5 Å². The van der Waals surface area contributed by atoms with Crippen LogP contribution in [0.25, 0.3) is 21.9 Å². The number of furan rings is 1. The molecule has 0 bridgehead atoms. The first kappa shape index (κ1) is 18.4. The normalized spacial score (nSPS) is 14.6. The molecule has 30 heavy (non-hydrogen) atoms. The smallest absolute Gasteiger partial charge is 0.265 e. The molecule has 0 aliphatic carbocycles. The Morgan fingerprint density at radius 3 is 2.53 bits per heavy atom. The summed E-state index contributed by atoms with van der Waals surface area (Å²) in [7, 11) is 1.62. The van der Waals surface area contributed by atoms with Crippen LogP contribution in [0, 0.1) is 6.92 Å². The molecular weight excluding hydrogens is 380 g/mol. The number of nitrogens with zero attached hydrogens (tertiary/aromatic N) is 4. The van der Waals surface area contributed by atoms with E-state index in [1.807, 2.05) is 12.1 Å². The fraction of sp³-hybridized carbons (Fsp3) is 0.261. The Balaban J connectivity index is 1.38. The Morgan fingerprint density at radius 2 is 1.77 bits per heavy atom. The molecule has 7 nitrogen and oxygen atoms in total. The van der Waals surface area contributed by atoms with Crippen LogP contribution in [-0.4, -0.2) is 46.5 Å². The Labute approximate surface area is 173 Å². The maximum atomic E-state index is 13.2. The highest BCUT2D eigenvalue weighted by Crippen LogP contribution is 2.25. The van der Waals surface area contributed by atoms with Crippen molar-refractivity contribution in [3.05, 3.63) is 70.5 Å². The molecule has 0 atom stereocenters. The summed E-state index contributed by atoms with van der Waals surface area (Å²) in [5.74, 6) is 0.261. The summed E-state index contributed by atoms with van der Waals surface area (Å²) in [6.07, 6.45) is 1.41. The Bertz CT molecular complexity index is 1330. The summed E-state index contributed by atoms with van der Waals surface area (Å²) in [6, 6.07) is 14.7. The molecule has 152 valence electrons. The Hall–Kier alpha value is -3.61. The summed E-state index contributed by atoms with van der Waals surface area (Å²) in [5.41, 5.74) is 1.44. The number of aromatic nitrogens is 2. The van der Waals surface area contributed by atoms with Crippen molar-refractivity contribution in [3.63, 3.8) is 0 Å². The molecule has 1 saturated heterocycles. The molecular formula is C23H22N4O3. The minimum absolute atomic E-state index is 0.172. The van der Waals surface area contributed by atoms with E-state index in [0.717, 1.165) is 18.8 Å². The van der Waals surface area contributed by atoms with Crippen molar-refractivity contribution in [1.29, 1.82) is 0 Å². The first-order valence-electron chi connectivity index (χ1n) is 10.0. The molecule has 0 radical (unpaired) electrons. The third-order valence-electron chi connectivity index (χ3n) is 5.83. The first-order chi connectivity index (χ1) is 14.5. The molecule has 1 aliphatic heterocycles. The maximum Gasteiger partial charge on any atom is 0.265 e. The summed E-state index contributed by atoms with van der Waals surface area (Å²) >= 11 is 0. The highest BCUT2D eigenvalue weighted by Gasteiger charge is 2.29.